The van der Waals surface area contributed by atoms with Gasteiger partial charge in [0.05, 0.1) is 74.4 Å². The molecule has 2 fully saturated rings. The number of carboxylic acids is 4. The van der Waals surface area contributed by atoms with Gasteiger partial charge >= 0.3 is 31.7 Å². The Kier molecular flexibility index (Phi) is 32.0. The molecule has 1 unspecified atom stereocenters. The van der Waals surface area contributed by atoms with Crippen molar-refractivity contribution in [3.8, 4) is 0 Å². The molecule has 7 heterocycles. The molecule has 0 spiro atoms. The number of aliphatic hydroxyl groups is 2. The highest BCUT2D eigenvalue weighted by Crippen LogP contribution is 2.63. The minimum atomic E-state index is -5.14. The summed E-state index contributed by atoms with van der Waals surface area (Å²) in [4.78, 5) is 193. The molecule has 0 aliphatic carbocycles. The zero-order chi connectivity index (χ0) is 89.9. The third-order valence-corrected chi connectivity index (χ3v) is 26.2. The predicted octanol–water partition coefficient (Wildman–Crippen LogP) is 0.935. The molecule has 6 aliphatic rings. The van der Waals surface area contributed by atoms with Crippen LogP contribution in [0.25, 0.3) is 11.0 Å². The fourth-order valence-corrected chi connectivity index (χ4v) is 19.7. The quantitative estimate of drug-likeness (QED) is 0.0324. The summed E-state index contributed by atoms with van der Waals surface area (Å²) in [6.45, 7) is 15.6. The molecule has 2 saturated heterocycles. The molecule has 0 radical (unpaired) electrons. The van der Waals surface area contributed by atoms with Crippen LogP contribution in [0.5, 0.6) is 0 Å². The SMILES string of the molecule is CC1=C2N=C(C=C3N/C(=C(/C)C4=N[C@@](C)([C@@H]5N=C1[C@](C)(CCC(=O)NC[C@@H](C)OP(=O)(O)O[C@H]1[C@@H](O)[C@@H](n6cnc7cc(C)c(C)cc76)O[C@@H]1CO)[C@H]5CC(N)=O)[C@@](C)(CC(N)=O)[C@@H]4CCC(=O)NCCCCNC(=O)CN(CCN(CC(=O)O)CC(=O)O)CCN(CC(=O)O)CC(=O)O)[C@@](C)(CC(N)=O)[C@@H]3CCC(N)=O)C(C)(C)[C@@H]2CCC(N)=O. The summed E-state index contributed by atoms with van der Waals surface area (Å²) in [6, 6.07) is 2.54. The molecular formula is C80H120N17O23P. The number of phosphoric ester groups is 1. The average Bonchev–Trinajstić information content (AvgIpc) is 1.53. The van der Waals surface area contributed by atoms with E-state index in [4.69, 9.17) is 57.4 Å². The van der Waals surface area contributed by atoms with E-state index in [0.29, 0.717) is 69.2 Å². The smallest absolute Gasteiger partial charge is 0.472 e. The van der Waals surface area contributed by atoms with Crippen LogP contribution in [0.4, 0.5) is 0 Å². The van der Waals surface area contributed by atoms with Crippen molar-refractivity contribution in [2.24, 2.45) is 89.0 Å². The number of nitrogens with two attached hydrogens (primary N) is 5. The second-order valence-electron chi connectivity index (χ2n) is 34.3. The average molecular weight is 1720 g/mol. The Morgan fingerprint density at radius 1 is 0.661 bits per heavy atom. The van der Waals surface area contributed by atoms with Gasteiger partial charge in [0.25, 0.3) is 0 Å². The van der Waals surface area contributed by atoms with Crippen LogP contribution in [-0.4, -0.2) is 269 Å². The van der Waals surface area contributed by atoms with Gasteiger partial charge in [-0.15, -0.1) is 0 Å². The Morgan fingerprint density at radius 2 is 1.20 bits per heavy atom. The number of allylic oxidation sites excluding steroid dienone is 6. The van der Waals surface area contributed by atoms with Crippen molar-refractivity contribution in [2.75, 3.05) is 85.1 Å². The molecule has 8 rings (SSSR count). The lowest BCUT2D eigenvalue weighted by Gasteiger charge is -2.48. The predicted molar refractivity (Wildman–Crippen MR) is 440 cm³/mol. The molecular weight excluding hydrogens is 1600 g/mol. The normalized spacial score (nSPS) is 27.4. The molecule has 15 atom stereocenters. The minimum absolute atomic E-state index is 0.0306. The van der Waals surface area contributed by atoms with Crippen molar-refractivity contribution in [1.29, 1.82) is 0 Å². The number of carbonyl (C=O) groups is 12. The van der Waals surface area contributed by atoms with Crippen LogP contribution in [0.3, 0.4) is 0 Å². The van der Waals surface area contributed by atoms with Crippen LogP contribution in [0, 0.1) is 59.2 Å². The standard InChI is InChI=1S/C80H120N17O23P/c1-42-28-52-53(29-43(42)2)97(41-89-52)75-70(115)71(54(40-98)118-75)120-121(116,117)119-44(3)34-88-62(105)20-21-77(8)50(30-58(83)101)74-80(11)79(10,33-60(85)103)49(16-19-61(104)86-22-12-13-23-87-63(106)35-94(24-26-95(36-64(107)108)37-65(109)110)25-27-96(38-66(111)112)39-67(113)114)69(93-80)46(5)73-78(9,32-59(84)102)47(14-17-56(81)99)51(90-73)31-55-76(6,7)48(15-18-57(82)100)68(91-55)45(4)72(77)92-74/h28-29,31,41,44,47-50,54,70-71,74-75,90,98,115H,12-27,30,32-40H2,1-11H3,(H2,81,99)(H2,82,100)(H2,83,101)(H2,84,102)(H2,85,103)(H,86,104)(H,87,106)(H,88,105)(H,107,108)(H,109,110)(H,111,112)(H,113,114)(H,116,117)/b51-31?,68-45?,73-46-/t44-,47-,48-,49-,50+,54-,70-,71-,74-,75+,77-,78+,79+,80+/m1/s1. The molecule has 8 amide bonds. The van der Waals surface area contributed by atoms with Gasteiger partial charge in [-0.2, -0.15) is 0 Å². The van der Waals surface area contributed by atoms with Gasteiger partial charge in [-0.3, -0.25) is 96.3 Å². The number of amides is 8. The number of hydrogen-bond donors (Lipinski definition) is 16. The zero-order valence-electron chi connectivity index (χ0n) is 70.5. The molecule has 41 heteroatoms. The maximum absolute atomic E-state index is 14.6. The van der Waals surface area contributed by atoms with Crippen molar-refractivity contribution in [3.05, 3.63) is 63.9 Å². The number of imidazole rings is 1. The summed E-state index contributed by atoms with van der Waals surface area (Å²) >= 11 is 0. The summed E-state index contributed by atoms with van der Waals surface area (Å²) in [7, 11) is -5.14. The van der Waals surface area contributed by atoms with Gasteiger partial charge < -0.3 is 94.8 Å². The highest BCUT2D eigenvalue weighted by atomic mass is 31.2. The van der Waals surface area contributed by atoms with Crippen LogP contribution in [0.15, 0.2) is 67.8 Å². The summed E-state index contributed by atoms with van der Waals surface area (Å²) < 4.78 is 32.5. The number of fused-ring (bicyclic) bond motifs is 7. The Morgan fingerprint density at radius 3 is 1.74 bits per heavy atom. The number of aromatic nitrogens is 2. The summed E-state index contributed by atoms with van der Waals surface area (Å²) in [5.41, 5.74) is 30.7. The van der Waals surface area contributed by atoms with E-state index in [1.165, 1.54) is 22.7 Å². The van der Waals surface area contributed by atoms with E-state index in [9.17, 15) is 97.6 Å². The highest BCUT2D eigenvalue weighted by molar-refractivity contribution is 7.47. The van der Waals surface area contributed by atoms with Crippen molar-refractivity contribution in [1.82, 2.24) is 45.5 Å². The van der Waals surface area contributed by atoms with Gasteiger partial charge in [-0.25, -0.2) is 9.55 Å². The molecule has 8 bridgehead atoms. The van der Waals surface area contributed by atoms with Crippen molar-refractivity contribution in [2.45, 2.75) is 202 Å². The second-order valence-corrected chi connectivity index (χ2v) is 35.7. The maximum atomic E-state index is 14.6. The number of aliphatic carboxylic acids is 4. The van der Waals surface area contributed by atoms with E-state index in [2.05, 4.69) is 26.3 Å². The van der Waals surface area contributed by atoms with E-state index in [1.54, 1.807) is 27.7 Å². The Labute approximate surface area is 701 Å². The highest BCUT2D eigenvalue weighted by Gasteiger charge is 2.67. The van der Waals surface area contributed by atoms with E-state index in [0.717, 1.165) is 20.9 Å². The maximum Gasteiger partial charge on any atom is 0.472 e. The van der Waals surface area contributed by atoms with E-state index >= 15 is 0 Å². The third kappa shape index (κ3) is 23.1. The van der Waals surface area contributed by atoms with Crippen LogP contribution >= 0.6 is 7.82 Å². The number of phosphoric acid groups is 1. The Hall–Kier alpha value is -9.77. The van der Waals surface area contributed by atoms with Gasteiger partial charge in [0.1, 0.15) is 18.3 Å². The molecule has 121 heavy (non-hydrogen) atoms. The largest absolute Gasteiger partial charge is 0.480 e. The number of carboxylic acid groups (broad SMARTS) is 4. The van der Waals surface area contributed by atoms with Gasteiger partial charge in [0, 0.05) is 170 Å². The van der Waals surface area contributed by atoms with Crippen molar-refractivity contribution >= 4 is 107 Å². The Bertz CT molecular complexity index is 4510. The Balaban J connectivity index is 1.11. The lowest BCUT2D eigenvalue weighted by Crippen LogP contribution is -2.56. The first-order valence-electron chi connectivity index (χ1n) is 40.5. The number of aliphatic imine (C=N–C) groups is 3. The number of primary amides is 5. The van der Waals surface area contributed by atoms with Gasteiger partial charge in [-0.1, -0.05) is 34.6 Å². The molecule has 1 aromatic carbocycles. The van der Waals surface area contributed by atoms with E-state index < -0.39 is 212 Å². The number of nitrogens with zero attached hydrogens (tertiary/aromatic N) is 8. The third-order valence-electron chi connectivity index (χ3n) is 25.1. The van der Waals surface area contributed by atoms with Gasteiger partial charge in [0.15, 0.2) is 6.23 Å². The fourth-order valence-electron chi connectivity index (χ4n) is 18.5. The number of rotatable bonds is 47. The number of nitrogens with one attached hydrogen (secondary N) is 4. The first kappa shape index (κ1) is 96.7. The lowest BCUT2D eigenvalue weighted by atomic mass is 9.55. The van der Waals surface area contributed by atoms with E-state index in [1.807, 2.05) is 59.8 Å². The summed E-state index contributed by atoms with van der Waals surface area (Å²) in [5.74, 6) is -13.6. The number of aliphatic hydroxyl groups excluding tert-OH is 2. The lowest BCUT2D eigenvalue weighted by molar-refractivity contribution is -0.143. The zero-order valence-corrected chi connectivity index (χ0v) is 71.4. The van der Waals surface area contributed by atoms with Crippen molar-refractivity contribution < 1.29 is 111 Å². The first-order chi connectivity index (χ1) is 56.5. The minimum Gasteiger partial charge on any atom is -0.480 e. The first-order valence-corrected chi connectivity index (χ1v) is 42.0. The van der Waals surface area contributed by atoms with Gasteiger partial charge in [-0.05, 0) is 121 Å². The molecule has 6 aliphatic heterocycles. The van der Waals surface area contributed by atoms with Crippen LogP contribution in [0.1, 0.15) is 163 Å². The fraction of sp³-hybridized carbons (Fsp3) is 0.650. The number of carbonyl (C=O) groups excluding carboxylic acids is 8. The molecule has 668 valence electrons. The molecule has 2 aromatic rings. The number of aryl methyl sites for hydroxylation is 2. The summed E-state index contributed by atoms with van der Waals surface area (Å²) in [6.07, 6.45) is -4.78. The molecule has 21 N–H and O–H groups in total. The van der Waals surface area contributed by atoms with Gasteiger partial charge in [0.2, 0.25) is 47.3 Å². The second kappa shape index (κ2) is 40.0. The molecule has 0 saturated carbocycles. The van der Waals surface area contributed by atoms with Crippen LogP contribution in [-0.2, 0) is 75.9 Å². The number of benzene rings is 1. The van der Waals surface area contributed by atoms with Crippen LogP contribution < -0.4 is 49.9 Å². The number of unbranched alkanes of at least 4 members (excludes halogenated alkanes) is 1. The number of hydrogen-bond acceptors (Lipinski definition) is 26. The van der Waals surface area contributed by atoms with Crippen molar-refractivity contribution in [3.63, 3.8) is 0 Å². The molecule has 40 nitrogen and oxygen atoms in total. The topological polar surface area (TPSA) is 634 Å². The van der Waals surface area contributed by atoms with E-state index in [-0.39, 0.29) is 110 Å². The monoisotopic (exact) mass is 1720 g/mol. The molecule has 1 aromatic heterocycles. The summed E-state index contributed by atoms with van der Waals surface area (Å²) in [5, 5.41) is 71.9. The van der Waals surface area contributed by atoms with Crippen LogP contribution in [0.2, 0.25) is 0 Å². The number of ether oxygens (including phenoxy) is 1.